The molecular weight excluding hydrogens is 218 g/mol. The number of esters is 1. The maximum absolute atomic E-state index is 11.6. The van der Waals surface area contributed by atoms with Gasteiger partial charge in [-0.15, -0.1) is 12.3 Å². The fourth-order valence-electron chi connectivity index (χ4n) is 1.42. The van der Waals surface area contributed by atoms with Gasteiger partial charge in [-0.2, -0.15) is 5.10 Å². The van der Waals surface area contributed by atoms with Crippen LogP contribution in [0, 0.1) is 12.3 Å². The van der Waals surface area contributed by atoms with E-state index in [0.717, 1.165) is 5.69 Å². The summed E-state index contributed by atoms with van der Waals surface area (Å²) >= 11 is 0. The minimum atomic E-state index is -0.339. The van der Waals surface area contributed by atoms with E-state index in [2.05, 4.69) is 16.3 Å². The molecule has 1 heterocycles. The molecular formula is C12H17N3O2. The molecule has 1 aromatic rings. The first-order valence-electron chi connectivity index (χ1n) is 5.52. The van der Waals surface area contributed by atoms with Crippen molar-refractivity contribution in [3.8, 4) is 12.3 Å². The average molecular weight is 235 g/mol. The van der Waals surface area contributed by atoms with Crippen molar-refractivity contribution >= 4 is 5.97 Å². The monoisotopic (exact) mass is 235 g/mol. The van der Waals surface area contributed by atoms with Gasteiger partial charge in [-0.05, 0) is 6.92 Å². The second-order valence-corrected chi connectivity index (χ2v) is 3.48. The number of rotatable bonds is 6. The molecule has 0 saturated heterocycles. The zero-order valence-corrected chi connectivity index (χ0v) is 10.2. The molecule has 0 atom stereocenters. The van der Waals surface area contributed by atoms with Gasteiger partial charge in [-0.1, -0.05) is 0 Å². The zero-order chi connectivity index (χ0) is 12.7. The number of nitrogens with one attached hydrogen (secondary N) is 1. The number of carbonyl (C=O) groups excluding carboxylic acids is 1. The fourth-order valence-corrected chi connectivity index (χ4v) is 1.42. The van der Waals surface area contributed by atoms with E-state index in [1.54, 1.807) is 18.7 Å². The molecule has 0 bridgehead atoms. The third-order valence-electron chi connectivity index (χ3n) is 2.30. The number of nitrogens with zero attached hydrogens (tertiary/aromatic N) is 2. The van der Waals surface area contributed by atoms with Crippen molar-refractivity contribution < 1.29 is 9.53 Å². The molecule has 0 saturated carbocycles. The van der Waals surface area contributed by atoms with Gasteiger partial charge in [0.05, 0.1) is 18.5 Å². The lowest BCUT2D eigenvalue weighted by molar-refractivity contribution is 0.0524. The molecule has 0 aliphatic rings. The Bertz CT molecular complexity index is 418. The summed E-state index contributed by atoms with van der Waals surface area (Å²) < 4.78 is 6.62. The van der Waals surface area contributed by atoms with Crippen molar-refractivity contribution in [1.82, 2.24) is 15.1 Å². The van der Waals surface area contributed by atoms with Crippen molar-refractivity contribution in [1.29, 1.82) is 0 Å². The average Bonchev–Trinajstić information content (AvgIpc) is 2.67. The second-order valence-electron chi connectivity index (χ2n) is 3.48. The summed E-state index contributed by atoms with van der Waals surface area (Å²) in [5.74, 6) is 2.20. The smallest absolute Gasteiger partial charge is 0.341 e. The van der Waals surface area contributed by atoms with Crippen LogP contribution in [-0.4, -0.2) is 28.9 Å². The maximum atomic E-state index is 11.6. The molecule has 0 radical (unpaired) electrons. The Morgan fingerprint density at radius 1 is 1.71 bits per heavy atom. The largest absolute Gasteiger partial charge is 0.462 e. The first-order chi connectivity index (χ1) is 8.20. The van der Waals surface area contributed by atoms with Crippen molar-refractivity contribution in [2.75, 3.05) is 13.2 Å². The highest BCUT2D eigenvalue weighted by atomic mass is 16.5. The lowest BCUT2D eigenvalue weighted by atomic mass is 10.2. The van der Waals surface area contributed by atoms with E-state index in [4.69, 9.17) is 11.2 Å². The Morgan fingerprint density at radius 2 is 2.47 bits per heavy atom. The molecule has 5 nitrogen and oxygen atoms in total. The van der Waals surface area contributed by atoms with Gasteiger partial charge >= 0.3 is 5.97 Å². The summed E-state index contributed by atoms with van der Waals surface area (Å²) in [5.41, 5.74) is 1.31. The van der Waals surface area contributed by atoms with Gasteiger partial charge in [-0.25, -0.2) is 4.79 Å². The highest BCUT2D eigenvalue weighted by molar-refractivity contribution is 5.90. The van der Waals surface area contributed by atoms with Crippen LogP contribution in [0.5, 0.6) is 0 Å². The number of carbonyl (C=O) groups is 1. The van der Waals surface area contributed by atoms with E-state index in [9.17, 15) is 4.79 Å². The highest BCUT2D eigenvalue weighted by Crippen LogP contribution is 2.09. The maximum Gasteiger partial charge on any atom is 0.341 e. The fraction of sp³-hybridized carbons (Fsp3) is 0.500. The topological polar surface area (TPSA) is 56.1 Å². The van der Waals surface area contributed by atoms with Crippen molar-refractivity contribution in [2.45, 2.75) is 19.9 Å². The number of aromatic nitrogens is 2. The van der Waals surface area contributed by atoms with Crippen molar-refractivity contribution in [3.05, 3.63) is 17.5 Å². The van der Waals surface area contributed by atoms with Gasteiger partial charge in [0.2, 0.25) is 0 Å². The Morgan fingerprint density at radius 3 is 3.12 bits per heavy atom. The number of ether oxygens (including phenoxy) is 1. The van der Waals surface area contributed by atoms with Gasteiger partial charge in [0.1, 0.15) is 5.56 Å². The van der Waals surface area contributed by atoms with Crippen LogP contribution in [0.15, 0.2) is 6.20 Å². The molecule has 0 fully saturated rings. The summed E-state index contributed by atoms with van der Waals surface area (Å²) in [4.78, 5) is 11.6. The van der Waals surface area contributed by atoms with Crippen LogP contribution in [0.25, 0.3) is 0 Å². The first kappa shape index (κ1) is 13.3. The lowest BCUT2D eigenvalue weighted by Crippen LogP contribution is -2.19. The third-order valence-corrected chi connectivity index (χ3v) is 2.30. The quantitative estimate of drug-likeness (QED) is 0.448. The molecule has 1 rings (SSSR count). The highest BCUT2D eigenvalue weighted by Gasteiger charge is 2.16. The summed E-state index contributed by atoms with van der Waals surface area (Å²) in [6.07, 6.45) is 7.34. The summed E-state index contributed by atoms with van der Waals surface area (Å²) in [7, 11) is 1.79. The van der Waals surface area contributed by atoms with E-state index >= 15 is 0 Å². The molecule has 0 aliphatic heterocycles. The summed E-state index contributed by atoms with van der Waals surface area (Å²) in [6.45, 7) is 3.40. The van der Waals surface area contributed by atoms with E-state index in [0.29, 0.717) is 31.7 Å². The Balaban J connectivity index is 2.66. The SMILES string of the molecule is C#CCCNCc1c(C(=O)OCC)cnn1C. The number of terminal acetylenes is 1. The molecule has 1 aromatic heterocycles. The van der Waals surface area contributed by atoms with E-state index in [1.165, 1.54) is 6.20 Å². The second kappa shape index (κ2) is 6.71. The Labute approximate surface area is 101 Å². The molecule has 92 valence electrons. The minimum absolute atomic E-state index is 0.339. The predicted molar refractivity (Wildman–Crippen MR) is 64.3 cm³/mol. The molecule has 0 aromatic carbocycles. The number of hydrogen-bond donors (Lipinski definition) is 1. The van der Waals surface area contributed by atoms with E-state index in [-0.39, 0.29) is 5.97 Å². The molecule has 0 aliphatic carbocycles. The van der Waals surface area contributed by atoms with Crippen molar-refractivity contribution in [3.63, 3.8) is 0 Å². The van der Waals surface area contributed by atoms with Gasteiger partial charge < -0.3 is 10.1 Å². The van der Waals surface area contributed by atoms with Crippen molar-refractivity contribution in [2.24, 2.45) is 7.05 Å². The van der Waals surface area contributed by atoms with Crippen LogP contribution in [0.3, 0.4) is 0 Å². The predicted octanol–water partition coefficient (Wildman–Crippen LogP) is 0.710. The summed E-state index contributed by atoms with van der Waals surface area (Å²) in [5, 5.41) is 7.21. The number of aryl methyl sites for hydroxylation is 1. The van der Waals surface area contributed by atoms with Gasteiger partial charge in [0.15, 0.2) is 0 Å². The standard InChI is InChI=1S/C12H17N3O2/c1-4-6-7-13-9-11-10(8-14-15(11)3)12(16)17-5-2/h1,8,13H,5-7,9H2,2-3H3. The van der Waals surface area contributed by atoms with Gasteiger partial charge in [0, 0.05) is 26.6 Å². The molecule has 17 heavy (non-hydrogen) atoms. The first-order valence-corrected chi connectivity index (χ1v) is 5.52. The van der Waals surface area contributed by atoms with Crippen LogP contribution in [0.2, 0.25) is 0 Å². The summed E-state index contributed by atoms with van der Waals surface area (Å²) in [6, 6.07) is 0. The van der Waals surface area contributed by atoms with Crippen LogP contribution in [0.1, 0.15) is 29.4 Å². The minimum Gasteiger partial charge on any atom is -0.462 e. The van der Waals surface area contributed by atoms with E-state index in [1.807, 2.05) is 0 Å². The van der Waals surface area contributed by atoms with Crippen LogP contribution in [-0.2, 0) is 18.3 Å². The Kier molecular flexibility index (Phi) is 5.24. The molecule has 0 spiro atoms. The lowest BCUT2D eigenvalue weighted by Gasteiger charge is -2.06. The van der Waals surface area contributed by atoms with Gasteiger partial charge in [-0.3, -0.25) is 4.68 Å². The third kappa shape index (κ3) is 3.61. The molecule has 5 heteroatoms. The Hall–Kier alpha value is -1.80. The molecule has 0 amide bonds. The molecule has 0 unspecified atom stereocenters. The normalized spacial score (nSPS) is 9.94. The zero-order valence-electron chi connectivity index (χ0n) is 10.2. The number of hydrogen-bond acceptors (Lipinski definition) is 4. The van der Waals surface area contributed by atoms with Gasteiger partial charge in [0.25, 0.3) is 0 Å². The van der Waals surface area contributed by atoms with Crippen LogP contribution in [0.4, 0.5) is 0 Å². The molecule has 1 N–H and O–H groups in total. The van der Waals surface area contributed by atoms with Crippen LogP contribution < -0.4 is 5.32 Å². The van der Waals surface area contributed by atoms with Crippen LogP contribution >= 0.6 is 0 Å². The van der Waals surface area contributed by atoms with E-state index < -0.39 is 0 Å².